The van der Waals surface area contributed by atoms with Crippen LogP contribution in [0.4, 0.5) is 13.2 Å². The zero-order valence-corrected chi connectivity index (χ0v) is 12.7. The standard InChI is InChI=1S/C15H23F3N2O/c1-4-20(11-15(16,17)18)10-14(19-3)12-6-8-13(9-7-12)21-5-2/h6-9,14,19H,4-5,10-11H2,1-3H3. The predicted molar refractivity (Wildman–Crippen MR) is 77.6 cm³/mol. The number of halogens is 3. The molecule has 120 valence electrons. The molecule has 1 rings (SSSR count). The van der Waals surface area contributed by atoms with Crippen molar-refractivity contribution in [2.24, 2.45) is 0 Å². The van der Waals surface area contributed by atoms with E-state index < -0.39 is 12.7 Å². The van der Waals surface area contributed by atoms with Crippen LogP contribution in [0.1, 0.15) is 25.5 Å². The summed E-state index contributed by atoms with van der Waals surface area (Å²) in [4.78, 5) is 1.39. The molecule has 0 radical (unpaired) electrons. The molecule has 6 heteroatoms. The Morgan fingerprint density at radius 2 is 1.81 bits per heavy atom. The van der Waals surface area contributed by atoms with Gasteiger partial charge in [-0.05, 0) is 38.2 Å². The summed E-state index contributed by atoms with van der Waals surface area (Å²) < 4.78 is 42.9. The molecule has 0 aromatic heterocycles. The van der Waals surface area contributed by atoms with E-state index in [2.05, 4.69) is 5.32 Å². The number of rotatable bonds is 8. The lowest BCUT2D eigenvalue weighted by Gasteiger charge is -2.27. The first-order valence-corrected chi connectivity index (χ1v) is 7.08. The Labute approximate surface area is 124 Å². The molecule has 0 bridgehead atoms. The van der Waals surface area contributed by atoms with E-state index in [1.165, 1.54) is 4.90 Å². The fraction of sp³-hybridized carbons (Fsp3) is 0.600. The van der Waals surface area contributed by atoms with Crippen LogP contribution in [-0.2, 0) is 0 Å². The van der Waals surface area contributed by atoms with Gasteiger partial charge in [-0.2, -0.15) is 13.2 Å². The molecule has 0 heterocycles. The number of nitrogens with one attached hydrogen (secondary N) is 1. The first-order chi connectivity index (χ1) is 9.89. The highest BCUT2D eigenvalue weighted by atomic mass is 19.4. The van der Waals surface area contributed by atoms with E-state index in [0.717, 1.165) is 11.3 Å². The molecule has 1 aromatic rings. The third kappa shape index (κ3) is 6.35. The van der Waals surface area contributed by atoms with E-state index in [-0.39, 0.29) is 6.04 Å². The van der Waals surface area contributed by atoms with Crippen molar-refractivity contribution >= 4 is 0 Å². The van der Waals surface area contributed by atoms with Crippen molar-refractivity contribution in [1.82, 2.24) is 10.2 Å². The molecule has 1 atom stereocenters. The molecule has 0 amide bonds. The SMILES string of the molecule is CCOc1ccc(C(CN(CC)CC(F)(F)F)NC)cc1. The molecule has 0 aliphatic heterocycles. The number of hydrogen-bond donors (Lipinski definition) is 1. The second kappa shape index (κ2) is 8.24. The minimum Gasteiger partial charge on any atom is -0.494 e. The maximum atomic E-state index is 12.5. The van der Waals surface area contributed by atoms with E-state index in [1.54, 1.807) is 14.0 Å². The van der Waals surface area contributed by atoms with Crippen LogP contribution in [0.5, 0.6) is 5.75 Å². The Bertz CT molecular complexity index is 406. The lowest BCUT2D eigenvalue weighted by atomic mass is 10.1. The highest BCUT2D eigenvalue weighted by Gasteiger charge is 2.31. The van der Waals surface area contributed by atoms with Crippen LogP contribution < -0.4 is 10.1 Å². The van der Waals surface area contributed by atoms with Gasteiger partial charge >= 0.3 is 6.18 Å². The van der Waals surface area contributed by atoms with Crippen molar-refractivity contribution in [1.29, 1.82) is 0 Å². The maximum Gasteiger partial charge on any atom is 0.401 e. The highest BCUT2D eigenvalue weighted by molar-refractivity contribution is 5.29. The summed E-state index contributed by atoms with van der Waals surface area (Å²) in [6.07, 6.45) is -4.17. The van der Waals surface area contributed by atoms with Gasteiger partial charge in [-0.1, -0.05) is 19.1 Å². The molecule has 1 N–H and O–H groups in total. The van der Waals surface area contributed by atoms with Crippen LogP contribution >= 0.6 is 0 Å². The van der Waals surface area contributed by atoms with Gasteiger partial charge in [0.1, 0.15) is 5.75 Å². The van der Waals surface area contributed by atoms with E-state index >= 15 is 0 Å². The molecular weight excluding hydrogens is 281 g/mol. The Morgan fingerprint density at radius 1 is 1.19 bits per heavy atom. The third-order valence-electron chi connectivity index (χ3n) is 3.23. The summed E-state index contributed by atoms with van der Waals surface area (Å²) in [5, 5.41) is 3.07. The largest absolute Gasteiger partial charge is 0.494 e. The van der Waals surface area contributed by atoms with E-state index in [4.69, 9.17) is 4.74 Å². The van der Waals surface area contributed by atoms with Crippen LogP contribution in [0.3, 0.4) is 0 Å². The zero-order chi connectivity index (χ0) is 15.9. The summed E-state index contributed by atoms with van der Waals surface area (Å²) in [5.41, 5.74) is 0.946. The average molecular weight is 304 g/mol. The molecule has 1 unspecified atom stereocenters. The second-order valence-electron chi connectivity index (χ2n) is 4.79. The number of benzene rings is 1. The third-order valence-corrected chi connectivity index (χ3v) is 3.23. The molecule has 0 saturated heterocycles. The van der Waals surface area contributed by atoms with Crippen LogP contribution in [0.2, 0.25) is 0 Å². The van der Waals surface area contributed by atoms with Crippen molar-refractivity contribution in [3.63, 3.8) is 0 Å². The van der Waals surface area contributed by atoms with Gasteiger partial charge in [0, 0.05) is 12.6 Å². The molecule has 0 spiro atoms. The van der Waals surface area contributed by atoms with Gasteiger partial charge in [0.25, 0.3) is 0 Å². The summed E-state index contributed by atoms with van der Waals surface area (Å²) in [6, 6.07) is 7.29. The van der Waals surface area contributed by atoms with Crippen molar-refractivity contribution in [3.8, 4) is 5.75 Å². The number of hydrogen-bond acceptors (Lipinski definition) is 3. The van der Waals surface area contributed by atoms with Gasteiger partial charge < -0.3 is 10.1 Å². The topological polar surface area (TPSA) is 24.5 Å². The molecule has 3 nitrogen and oxygen atoms in total. The Morgan fingerprint density at radius 3 is 2.24 bits per heavy atom. The smallest absolute Gasteiger partial charge is 0.401 e. The first-order valence-electron chi connectivity index (χ1n) is 7.08. The van der Waals surface area contributed by atoms with E-state index in [1.807, 2.05) is 31.2 Å². The minimum absolute atomic E-state index is 0.150. The molecule has 0 aliphatic carbocycles. The first kappa shape index (κ1) is 17.8. The minimum atomic E-state index is -4.17. The van der Waals surface area contributed by atoms with Crippen molar-refractivity contribution in [2.45, 2.75) is 26.1 Å². The lowest BCUT2D eigenvalue weighted by molar-refractivity contribution is -0.146. The van der Waals surface area contributed by atoms with E-state index in [9.17, 15) is 13.2 Å². The summed E-state index contributed by atoms with van der Waals surface area (Å²) in [7, 11) is 1.75. The lowest BCUT2D eigenvalue weighted by Crippen LogP contribution is -2.39. The maximum absolute atomic E-state index is 12.5. The van der Waals surface area contributed by atoms with Crippen LogP contribution in [0.15, 0.2) is 24.3 Å². The normalized spacial score (nSPS) is 13.5. The van der Waals surface area contributed by atoms with Crippen LogP contribution in [0, 0.1) is 0 Å². The monoisotopic (exact) mass is 304 g/mol. The number of ether oxygens (including phenoxy) is 1. The molecule has 0 fully saturated rings. The van der Waals surface area contributed by atoms with E-state index in [0.29, 0.717) is 19.7 Å². The summed E-state index contributed by atoms with van der Waals surface area (Å²) in [5.74, 6) is 0.763. The number of likely N-dealkylation sites (N-methyl/N-ethyl adjacent to an activating group) is 2. The highest BCUT2D eigenvalue weighted by Crippen LogP contribution is 2.21. The Balaban J connectivity index is 2.72. The second-order valence-corrected chi connectivity index (χ2v) is 4.79. The van der Waals surface area contributed by atoms with Crippen molar-refractivity contribution < 1.29 is 17.9 Å². The van der Waals surface area contributed by atoms with Gasteiger partial charge in [-0.15, -0.1) is 0 Å². The van der Waals surface area contributed by atoms with Gasteiger partial charge in [0.05, 0.1) is 13.2 Å². The zero-order valence-electron chi connectivity index (χ0n) is 12.7. The van der Waals surface area contributed by atoms with Gasteiger partial charge in [0.2, 0.25) is 0 Å². The van der Waals surface area contributed by atoms with Crippen LogP contribution in [0.25, 0.3) is 0 Å². The van der Waals surface area contributed by atoms with Gasteiger partial charge in [0.15, 0.2) is 0 Å². The Hall–Kier alpha value is -1.27. The molecule has 1 aromatic carbocycles. The van der Waals surface area contributed by atoms with Crippen molar-refractivity contribution in [2.75, 3.05) is 33.3 Å². The summed E-state index contributed by atoms with van der Waals surface area (Å²) >= 11 is 0. The predicted octanol–water partition coefficient (Wildman–Crippen LogP) is 3.23. The molecule has 0 aliphatic rings. The van der Waals surface area contributed by atoms with Crippen LogP contribution in [-0.4, -0.2) is 44.4 Å². The fourth-order valence-electron chi connectivity index (χ4n) is 2.14. The molecular formula is C15H23F3N2O. The number of nitrogens with zero attached hydrogens (tertiary/aromatic N) is 1. The van der Waals surface area contributed by atoms with Crippen molar-refractivity contribution in [3.05, 3.63) is 29.8 Å². The summed E-state index contributed by atoms with van der Waals surface area (Å²) in [6.45, 7) is 4.00. The Kier molecular flexibility index (Phi) is 6.98. The molecule has 21 heavy (non-hydrogen) atoms. The fourth-order valence-corrected chi connectivity index (χ4v) is 2.14. The van der Waals surface area contributed by atoms with Gasteiger partial charge in [-0.3, -0.25) is 4.90 Å². The average Bonchev–Trinajstić information content (AvgIpc) is 2.43. The quantitative estimate of drug-likeness (QED) is 0.798. The van der Waals surface area contributed by atoms with Gasteiger partial charge in [-0.25, -0.2) is 0 Å². The number of alkyl halides is 3. The molecule has 0 saturated carbocycles.